The average molecular weight is 378 g/mol. The van der Waals surface area contributed by atoms with Gasteiger partial charge in [0, 0.05) is 14.2 Å². The summed E-state index contributed by atoms with van der Waals surface area (Å²) in [5.41, 5.74) is 0.971. The van der Waals surface area contributed by atoms with Crippen molar-refractivity contribution in [2.75, 3.05) is 7.05 Å². The Morgan fingerprint density at radius 1 is 1.14 bits per heavy atom. The highest BCUT2D eigenvalue weighted by Gasteiger charge is 2.32. The van der Waals surface area contributed by atoms with Crippen LogP contribution in [0.3, 0.4) is 0 Å². The Kier molecular flexibility index (Phi) is 4.80. The minimum absolute atomic E-state index is 0.272. The van der Waals surface area contributed by atoms with Gasteiger partial charge >= 0.3 is 6.18 Å². The largest absolute Gasteiger partial charge is 0.416 e. The van der Waals surface area contributed by atoms with Gasteiger partial charge in [-0.15, -0.1) is 11.3 Å². The van der Waals surface area contributed by atoms with Gasteiger partial charge in [-0.25, -0.2) is 0 Å². The highest BCUT2D eigenvalue weighted by Crippen LogP contribution is 2.37. The highest BCUT2D eigenvalue weighted by atomic mass is 79.9. The molecule has 1 unspecified atom stereocenters. The minimum atomic E-state index is -4.34. The lowest BCUT2D eigenvalue weighted by atomic mass is 9.97. The second-order valence-corrected chi connectivity index (χ2v) is 7.14. The van der Waals surface area contributed by atoms with Crippen LogP contribution >= 0.6 is 27.3 Å². The van der Waals surface area contributed by atoms with Crippen molar-refractivity contribution in [3.8, 4) is 0 Å². The molecule has 0 saturated carbocycles. The van der Waals surface area contributed by atoms with Crippen LogP contribution in [0, 0.1) is 13.8 Å². The van der Waals surface area contributed by atoms with Crippen molar-refractivity contribution in [3.05, 3.63) is 55.2 Å². The van der Waals surface area contributed by atoms with Gasteiger partial charge in [-0.05, 0) is 56.3 Å². The molecule has 0 aliphatic heterocycles. The first-order valence-corrected chi connectivity index (χ1v) is 7.96. The fraction of sp³-hybridized carbons (Fsp3) is 0.333. The van der Waals surface area contributed by atoms with E-state index in [1.807, 2.05) is 19.9 Å². The van der Waals surface area contributed by atoms with Crippen molar-refractivity contribution in [1.29, 1.82) is 0 Å². The van der Waals surface area contributed by atoms with Gasteiger partial charge in [0.1, 0.15) is 0 Å². The molecule has 2 rings (SSSR count). The smallest absolute Gasteiger partial charge is 0.309 e. The molecule has 0 radical (unpaired) electrons. The van der Waals surface area contributed by atoms with Crippen molar-refractivity contribution >= 4 is 27.3 Å². The van der Waals surface area contributed by atoms with Crippen LogP contribution in [0.1, 0.15) is 32.5 Å². The zero-order valence-electron chi connectivity index (χ0n) is 11.8. The molecule has 0 amide bonds. The topological polar surface area (TPSA) is 12.0 Å². The molecule has 6 heteroatoms. The second-order valence-electron chi connectivity index (χ2n) is 4.82. The monoisotopic (exact) mass is 377 g/mol. The number of thiophene rings is 1. The maximum atomic E-state index is 12.9. The number of nitrogens with one attached hydrogen (secondary N) is 1. The summed E-state index contributed by atoms with van der Waals surface area (Å²) in [7, 11) is 1.75. The van der Waals surface area contributed by atoms with Gasteiger partial charge in [0.25, 0.3) is 0 Å². The number of hydrogen-bond acceptors (Lipinski definition) is 2. The molecule has 1 nitrogen and oxygen atoms in total. The number of alkyl halides is 3. The quantitative estimate of drug-likeness (QED) is 0.749. The molecule has 0 bridgehead atoms. The third-order valence-electron chi connectivity index (χ3n) is 3.31. The third-order valence-corrected chi connectivity index (χ3v) is 5.02. The first kappa shape index (κ1) is 16.5. The average Bonchev–Trinajstić information content (AvgIpc) is 2.70. The zero-order valence-corrected chi connectivity index (χ0v) is 14.2. The molecule has 0 aliphatic rings. The third kappa shape index (κ3) is 3.49. The van der Waals surface area contributed by atoms with Crippen LogP contribution in [0.25, 0.3) is 0 Å². The second kappa shape index (κ2) is 6.10. The standard InChI is InChI=1S/C15H15BrF3NS/c1-8-6-11(9(2)21-8)14(20-3)12-7-10(15(17,18)19)4-5-13(12)16/h4-7,14,20H,1-3H3. The van der Waals surface area contributed by atoms with Crippen LogP contribution in [0.2, 0.25) is 0 Å². The van der Waals surface area contributed by atoms with E-state index < -0.39 is 11.7 Å². The summed E-state index contributed by atoms with van der Waals surface area (Å²) in [6.07, 6.45) is -4.34. The van der Waals surface area contributed by atoms with Gasteiger partial charge in [0.05, 0.1) is 11.6 Å². The predicted octanol–water partition coefficient (Wildman–Crippen LogP) is 5.46. The molecule has 0 fully saturated rings. The van der Waals surface area contributed by atoms with E-state index in [-0.39, 0.29) is 6.04 Å². The van der Waals surface area contributed by atoms with E-state index in [9.17, 15) is 13.2 Å². The Morgan fingerprint density at radius 2 is 1.81 bits per heavy atom. The summed E-state index contributed by atoms with van der Waals surface area (Å²) < 4.78 is 39.4. The van der Waals surface area contributed by atoms with E-state index in [4.69, 9.17) is 0 Å². The van der Waals surface area contributed by atoms with Crippen LogP contribution in [0.4, 0.5) is 13.2 Å². The predicted molar refractivity (Wildman–Crippen MR) is 83.8 cm³/mol. The van der Waals surface area contributed by atoms with Crippen molar-refractivity contribution in [1.82, 2.24) is 5.32 Å². The molecule has 1 aromatic carbocycles. The first-order valence-electron chi connectivity index (χ1n) is 6.35. The van der Waals surface area contributed by atoms with Crippen molar-refractivity contribution in [3.63, 3.8) is 0 Å². The van der Waals surface area contributed by atoms with Crippen molar-refractivity contribution in [2.24, 2.45) is 0 Å². The Labute approximate surface area is 134 Å². The van der Waals surface area contributed by atoms with Crippen molar-refractivity contribution < 1.29 is 13.2 Å². The van der Waals surface area contributed by atoms with Gasteiger partial charge < -0.3 is 5.32 Å². The van der Waals surface area contributed by atoms with Crippen molar-refractivity contribution in [2.45, 2.75) is 26.1 Å². The van der Waals surface area contributed by atoms with E-state index in [0.29, 0.717) is 10.0 Å². The fourth-order valence-electron chi connectivity index (χ4n) is 2.36. The SMILES string of the molecule is CNC(c1cc(C(F)(F)F)ccc1Br)c1cc(C)sc1C. The molecule has 1 atom stereocenters. The normalized spacial score (nSPS) is 13.5. The van der Waals surface area contributed by atoms with Gasteiger partial charge in [0.15, 0.2) is 0 Å². The van der Waals surface area contributed by atoms with E-state index >= 15 is 0 Å². The minimum Gasteiger partial charge on any atom is -0.309 e. The Morgan fingerprint density at radius 3 is 2.29 bits per heavy atom. The number of hydrogen-bond donors (Lipinski definition) is 1. The molecule has 1 heterocycles. The molecule has 0 saturated heterocycles. The summed E-state index contributed by atoms with van der Waals surface area (Å²) in [5.74, 6) is 0. The van der Waals surface area contributed by atoms with Crippen LogP contribution < -0.4 is 5.32 Å². The van der Waals surface area contributed by atoms with Crippen LogP contribution in [-0.2, 0) is 6.18 Å². The maximum absolute atomic E-state index is 12.9. The number of benzene rings is 1. The summed E-state index contributed by atoms with van der Waals surface area (Å²) in [4.78, 5) is 2.25. The first-order chi connectivity index (χ1) is 9.74. The molecule has 2 aromatic rings. The van der Waals surface area contributed by atoms with Crippen LogP contribution in [-0.4, -0.2) is 7.05 Å². The van der Waals surface area contributed by atoms with E-state index in [1.165, 1.54) is 12.1 Å². The molecule has 1 aromatic heterocycles. The highest BCUT2D eigenvalue weighted by molar-refractivity contribution is 9.10. The lowest BCUT2D eigenvalue weighted by molar-refractivity contribution is -0.137. The number of halogens is 4. The summed E-state index contributed by atoms with van der Waals surface area (Å²) in [5, 5.41) is 3.12. The summed E-state index contributed by atoms with van der Waals surface area (Å²) in [6, 6.07) is 5.50. The molecule has 21 heavy (non-hydrogen) atoms. The fourth-order valence-corrected chi connectivity index (χ4v) is 3.80. The van der Waals surface area contributed by atoms with Crippen LogP contribution in [0.5, 0.6) is 0 Å². The Balaban J connectivity index is 2.54. The molecule has 114 valence electrons. The Bertz CT molecular complexity index is 649. The van der Waals surface area contributed by atoms with E-state index in [1.54, 1.807) is 18.4 Å². The Hall–Kier alpha value is -0.850. The lowest BCUT2D eigenvalue weighted by Gasteiger charge is -2.20. The van der Waals surface area contributed by atoms with E-state index in [2.05, 4.69) is 21.2 Å². The van der Waals surface area contributed by atoms with Gasteiger partial charge in [-0.3, -0.25) is 0 Å². The zero-order chi connectivity index (χ0) is 15.8. The molecular weight excluding hydrogens is 363 g/mol. The summed E-state index contributed by atoms with van der Waals surface area (Å²) >= 11 is 5.01. The van der Waals surface area contributed by atoms with Gasteiger partial charge in [-0.1, -0.05) is 15.9 Å². The molecule has 0 spiro atoms. The summed E-state index contributed by atoms with van der Waals surface area (Å²) in [6.45, 7) is 3.98. The molecule has 0 aliphatic carbocycles. The maximum Gasteiger partial charge on any atom is 0.416 e. The molecule has 1 N–H and O–H groups in total. The lowest BCUT2D eigenvalue weighted by Crippen LogP contribution is -2.19. The number of rotatable bonds is 3. The molecular formula is C15H15BrF3NS. The van der Waals surface area contributed by atoms with Crippen LogP contribution in [0.15, 0.2) is 28.7 Å². The number of aryl methyl sites for hydroxylation is 2. The van der Waals surface area contributed by atoms with Gasteiger partial charge in [-0.2, -0.15) is 13.2 Å². The van der Waals surface area contributed by atoms with E-state index in [0.717, 1.165) is 21.4 Å². The van der Waals surface area contributed by atoms with Gasteiger partial charge in [0.2, 0.25) is 0 Å².